The predicted octanol–water partition coefficient (Wildman–Crippen LogP) is 12.7. The third-order valence-corrected chi connectivity index (χ3v) is 10.8. The molecule has 0 unspecified atom stereocenters. The smallest absolute Gasteiger partial charge is 0.145 e. The van der Waals surface area contributed by atoms with Gasteiger partial charge in [-0.25, -0.2) is 4.98 Å². The van der Waals surface area contributed by atoms with Crippen molar-refractivity contribution in [1.29, 1.82) is 0 Å². The monoisotopic (exact) mass is 628 g/mol. The van der Waals surface area contributed by atoms with Crippen molar-refractivity contribution in [2.45, 2.75) is 0 Å². The molecule has 2 heterocycles. The molecular weight excluding hydrogens is 601 g/mol. The molecule has 0 saturated heterocycles. The maximum Gasteiger partial charge on any atom is 0.145 e. The maximum atomic E-state index is 5.45. The van der Waals surface area contributed by atoms with Crippen LogP contribution in [-0.4, -0.2) is 9.55 Å². The summed E-state index contributed by atoms with van der Waals surface area (Å²) in [6.45, 7) is 0. The van der Waals surface area contributed by atoms with Crippen LogP contribution in [0.1, 0.15) is 0 Å². The van der Waals surface area contributed by atoms with E-state index < -0.39 is 0 Å². The van der Waals surface area contributed by atoms with Crippen LogP contribution in [0.4, 0.5) is 0 Å². The molecule has 0 N–H and O–H groups in total. The van der Waals surface area contributed by atoms with E-state index in [2.05, 4.69) is 174 Å². The second-order valence-electron chi connectivity index (χ2n) is 12.3. The minimum absolute atomic E-state index is 0.936. The number of aromatic nitrogens is 2. The molecule has 0 aliphatic carbocycles. The van der Waals surface area contributed by atoms with Crippen LogP contribution in [0, 0.1) is 0 Å². The Morgan fingerprint density at radius 3 is 1.73 bits per heavy atom. The number of imidazole rings is 1. The first kappa shape index (κ1) is 27.1. The third-order valence-electron chi connectivity index (χ3n) is 9.62. The summed E-state index contributed by atoms with van der Waals surface area (Å²) < 4.78 is 5.02. The van der Waals surface area contributed by atoms with Crippen molar-refractivity contribution in [2.24, 2.45) is 0 Å². The lowest BCUT2D eigenvalue weighted by atomic mass is 9.99. The van der Waals surface area contributed by atoms with E-state index in [-0.39, 0.29) is 0 Å². The first-order valence-electron chi connectivity index (χ1n) is 16.3. The van der Waals surface area contributed by atoms with Gasteiger partial charge >= 0.3 is 0 Å². The van der Waals surface area contributed by atoms with E-state index in [1.807, 2.05) is 11.3 Å². The van der Waals surface area contributed by atoms with Gasteiger partial charge in [0, 0.05) is 42.2 Å². The van der Waals surface area contributed by atoms with Crippen LogP contribution in [0.5, 0.6) is 0 Å². The first-order valence-corrected chi connectivity index (χ1v) is 17.1. The van der Waals surface area contributed by atoms with Crippen LogP contribution in [0.15, 0.2) is 170 Å². The lowest BCUT2D eigenvalue weighted by molar-refractivity contribution is 1.11. The minimum Gasteiger partial charge on any atom is -0.292 e. The summed E-state index contributed by atoms with van der Waals surface area (Å²) in [7, 11) is 0. The van der Waals surface area contributed by atoms with Gasteiger partial charge in [0.1, 0.15) is 5.82 Å². The average Bonchev–Trinajstić information content (AvgIpc) is 3.76. The van der Waals surface area contributed by atoms with E-state index in [9.17, 15) is 0 Å². The molecule has 0 radical (unpaired) electrons. The summed E-state index contributed by atoms with van der Waals surface area (Å²) in [5.41, 5.74) is 9.20. The van der Waals surface area contributed by atoms with Gasteiger partial charge in [0.2, 0.25) is 0 Å². The number of benzene rings is 8. The summed E-state index contributed by atoms with van der Waals surface area (Å²) in [5.74, 6) is 0.936. The predicted molar refractivity (Wildman–Crippen MR) is 205 cm³/mol. The van der Waals surface area contributed by atoms with Gasteiger partial charge in [-0.2, -0.15) is 0 Å². The van der Waals surface area contributed by atoms with Crippen LogP contribution in [0.25, 0.3) is 92.1 Å². The number of thiophene rings is 1. The molecule has 2 aromatic heterocycles. The molecule has 0 aliphatic heterocycles. The summed E-state index contributed by atoms with van der Waals surface area (Å²) in [4.78, 5) is 5.45. The van der Waals surface area contributed by atoms with Crippen LogP contribution in [-0.2, 0) is 0 Å². The van der Waals surface area contributed by atoms with Crippen molar-refractivity contribution in [2.75, 3.05) is 0 Å². The molecule has 0 amide bonds. The highest BCUT2D eigenvalue weighted by atomic mass is 32.1. The average molecular weight is 629 g/mol. The molecule has 0 spiro atoms. The Hall–Kier alpha value is -6.03. The Morgan fingerprint density at radius 2 is 0.958 bits per heavy atom. The zero-order valence-electron chi connectivity index (χ0n) is 26.0. The molecule has 8 aromatic carbocycles. The highest BCUT2D eigenvalue weighted by molar-refractivity contribution is 7.26. The summed E-state index contributed by atoms with van der Waals surface area (Å²) in [6, 6.07) is 61.2. The zero-order chi connectivity index (χ0) is 31.6. The summed E-state index contributed by atoms with van der Waals surface area (Å²) >= 11 is 1.87. The van der Waals surface area contributed by atoms with E-state index in [4.69, 9.17) is 4.98 Å². The topological polar surface area (TPSA) is 17.8 Å². The normalized spacial score (nSPS) is 11.8. The molecule has 0 fully saturated rings. The Kier molecular flexibility index (Phi) is 6.08. The van der Waals surface area contributed by atoms with Gasteiger partial charge in [-0.15, -0.1) is 11.3 Å². The minimum atomic E-state index is 0.936. The van der Waals surface area contributed by atoms with Gasteiger partial charge in [-0.05, 0) is 51.2 Å². The molecule has 3 heteroatoms. The van der Waals surface area contributed by atoms with Crippen molar-refractivity contribution >= 4 is 64.1 Å². The molecule has 10 aromatic rings. The van der Waals surface area contributed by atoms with Crippen LogP contribution in [0.2, 0.25) is 0 Å². The Bertz CT molecular complexity index is 2810. The maximum absolute atomic E-state index is 5.45. The number of nitrogens with zero attached hydrogens (tertiary/aromatic N) is 2. The van der Waals surface area contributed by atoms with Gasteiger partial charge in [0.05, 0.1) is 11.0 Å². The largest absolute Gasteiger partial charge is 0.292 e. The summed E-state index contributed by atoms with van der Waals surface area (Å²) in [5, 5.41) is 7.47. The van der Waals surface area contributed by atoms with E-state index in [0.717, 1.165) is 28.1 Å². The van der Waals surface area contributed by atoms with E-state index >= 15 is 0 Å². The van der Waals surface area contributed by atoms with Crippen molar-refractivity contribution in [3.8, 4) is 39.3 Å². The number of rotatable bonds is 4. The van der Waals surface area contributed by atoms with Gasteiger partial charge in [0.15, 0.2) is 0 Å². The lowest BCUT2D eigenvalue weighted by Crippen LogP contribution is -1.98. The lowest BCUT2D eigenvalue weighted by Gasteiger charge is -2.14. The Labute approximate surface area is 281 Å². The molecule has 48 heavy (non-hydrogen) atoms. The highest BCUT2D eigenvalue weighted by Gasteiger charge is 2.20. The zero-order valence-corrected chi connectivity index (χ0v) is 26.8. The standard InChI is InChI=1S/C45H28N2S/c1-2-11-29(12-3-1)30-21-23-32(24-22-30)45-46-42-38-16-6-4-13-35(38)36-14-5-7-17-39(36)43(42)47(45)33-27-25-31(26-28-33)34-18-10-19-40-37-15-8-9-20-41(37)48-44(34)40/h1-28H. The van der Waals surface area contributed by atoms with Gasteiger partial charge in [-0.3, -0.25) is 4.57 Å². The fourth-order valence-corrected chi connectivity index (χ4v) is 8.60. The first-order chi connectivity index (χ1) is 23.8. The molecule has 0 bridgehead atoms. The molecule has 0 atom stereocenters. The Morgan fingerprint density at radius 1 is 0.396 bits per heavy atom. The Balaban J connectivity index is 1.20. The van der Waals surface area contributed by atoms with Gasteiger partial charge < -0.3 is 0 Å². The van der Waals surface area contributed by atoms with Crippen molar-refractivity contribution < 1.29 is 0 Å². The van der Waals surface area contributed by atoms with E-state index in [1.165, 1.54) is 64.0 Å². The molecule has 0 saturated carbocycles. The molecular formula is C45H28N2S. The third kappa shape index (κ3) is 4.15. The quantitative estimate of drug-likeness (QED) is 0.177. The highest BCUT2D eigenvalue weighted by Crippen LogP contribution is 2.42. The van der Waals surface area contributed by atoms with Crippen molar-refractivity contribution in [3.05, 3.63) is 170 Å². The summed E-state index contributed by atoms with van der Waals surface area (Å²) in [6.07, 6.45) is 0. The van der Waals surface area contributed by atoms with Gasteiger partial charge in [0.25, 0.3) is 0 Å². The van der Waals surface area contributed by atoms with E-state index in [0.29, 0.717) is 0 Å². The van der Waals surface area contributed by atoms with Crippen LogP contribution in [0.3, 0.4) is 0 Å². The number of hydrogen-bond donors (Lipinski definition) is 0. The van der Waals surface area contributed by atoms with E-state index in [1.54, 1.807) is 0 Å². The SMILES string of the molecule is c1ccc(-c2ccc(-c3nc4c5ccccc5c5ccccc5c4n3-c3ccc(-c4cccc5c4sc4ccccc45)cc3)cc2)cc1. The molecule has 0 aliphatic rings. The van der Waals surface area contributed by atoms with Crippen molar-refractivity contribution in [3.63, 3.8) is 0 Å². The number of hydrogen-bond acceptors (Lipinski definition) is 2. The van der Waals surface area contributed by atoms with Crippen molar-refractivity contribution in [1.82, 2.24) is 9.55 Å². The number of fused-ring (bicyclic) bond motifs is 9. The fourth-order valence-electron chi connectivity index (χ4n) is 7.36. The van der Waals surface area contributed by atoms with Crippen LogP contribution < -0.4 is 0 Å². The molecule has 10 rings (SSSR count). The fraction of sp³-hybridized carbons (Fsp3) is 0. The van der Waals surface area contributed by atoms with Gasteiger partial charge in [-0.1, -0.05) is 152 Å². The second-order valence-corrected chi connectivity index (χ2v) is 13.4. The van der Waals surface area contributed by atoms with Crippen LogP contribution >= 0.6 is 11.3 Å². The molecule has 224 valence electrons. The molecule has 2 nitrogen and oxygen atoms in total. The second kappa shape index (κ2) is 10.8.